The number of nitrogens with zero attached hydrogens (tertiary/aromatic N) is 1. The molecule has 36 heavy (non-hydrogen) atoms. The van der Waals surface area contributed by atoms with E-state index in [-0.39, 0.29) is 46.8 Å². The molecule has 0 fully saturated rings. The zero-order valence-corrected chi connectivity index (χ0v) is 20.0. The second-order valence-electron chi connectivity index (χ2n) is 8.73. The van der Waals surface area contributed by atoms with Crippen molar-refractivity contribution in [3.05, 3.63) is 123 Å². The SMILES string of the molecule is N#CC1=C(N)OC2=C(C(=O)CC(c3ccccc3)C2)C1c1ccccc1OCc1c(F)cccc1Cl. The molecule has 0 saturated heterocycles. The Morgan fingerprint density at radius 1 is 1.06 bits per heavy atom. The van der Waals surface area contributed by atoms with E-state index in [9.17, 15) is 14.4 Å². The van der Waals surface area contributed by atoms with Crippen LogP contribution in [0.1, 0.15) is 41.4 Å². The van der Waals surface area contributed by atoms with Gasteiger partial charge in [0.15, 0.2) is 5.78 Å². The van der Waals surface area contributed by atoms with E-state index in [0.29, 0.717) is 29.1 Å². The Hall–Kier alpha value is -4.08. The first-order chi connectivity index (χ1) is 17.5. The Bertz CT molecular complexity index is 1420. The number of benzene rings is 3. The monoisotopic (exact) mass is 500 g/mol. The molecule has 5 nitrogen and oxygen atoms in total. The minimum atomic E-state index is -0.754. The predicted octanol–water partition coefficient (Wildman–Crippen LogP) is 6.27. The molecule has 7 heteroatoms. The Morgan fingerprint density at radius 3 is 2.56 bits per heavy atom. The molecule has 0 amide bonds. The van der Waals surface area contributed by atoms with E-state index in [0.717, 1.165) is 5.56 Å². The average molecular weight is 501 g/mol. The van der Waals surface area contributed by atoms with Crippen LogP contribution < -0.4 is 10.5 Å². The van der Waals surface area contributed by atoms with Gasteiger partial charge in [0.25, 0.3) is 0 Å². The number of ketones is 1. The maximum absolute atomic E-state index is 14.3. The number of hydrogen-bond donors (Lipinski definition) is 1. The zero-order valence-electron chi connectivity index (χ0n) is 19.2. The van der Waals surface area contributed by atoms with Gasteiger partial charge < -0.3 is 15.2 Å². The third-order valence-corrected chi connectivity index (χ3v) is 6.95. The van der Waals surface area contributed by atoms with Crippen molar-refractivity contribution in [1.82, 2.24) is 0 Å². The Kier molecular flexibility index (Phi) is 6.49. The number of carbonyl (C=O) groups is 1. The minimum absolute atomic E-state index is 0.0327. The maximum Gasteiger partial charge on any atom is 0.205 e. The number of allylic oxidation sites excluding steroid dienone is 3. The van der Waals surface area contributed by atoms with Crippen LogP contribution in [0.15, 0.2) is 95.6 Å². The first kappa shape index (κ1) is 23.7. The molecule has 2 aliphatic rings. The van der Waals surface area contributed by atoms with Gasteiger partial charge >= 0.3 is 0 Å². The lowest BCUT2D eigenvalue weighted by molar-refractivity contribution is -0.117. The summed E-state index contributed by atoms with van der Waals surface area (Å²) in [4.78, 5) is 13.5. The fourth-order valence-corrected chi connectivity index (χ4v) is 5.07. The molecule has 3 aromatic rings. The maximum atomic E-state index is 14.3. The van der Waals surface area contributed by atoms with Gasteiger partial charge in [0.1, 0.15) is 35.6 Å². The Labute approximate surface area is 213 Å². The summed E-state index contributed by atoms with van der Waals surface area (Å²) in [5.74, 6) is -0.563. The molecule has 0 spiro atoms. The van der Waals surface area contributed by atoms with Crippen molar-refractivity contribution in [3.63, 3.8) is 0 Å². The van der Waals surface area contributed by atoms with Gasteiger partial charge in [0, 0.05) is 29.5 Å². The van der Waals surface area contributed by atoms with Crippen molar-refractivity contribution in [2.75, 3.05) is 0 Å². The molecule has 180 valence electrons. The summed E-state index contributed by atoms with van der Waals surface area (Å²) in [7, 11) is 0. The van der Waals surface area contributed by atoms with Crippen molar-refractivity contribution >= 4 is 17.4 Å². The van der Waals surface area contributed by atoms with E-state index >= 15 is 0 Å². The van der Waals surface area contributed by atoms with Gasteiger partial charge in [-0.25, -0.2) is 4.39 Å². The molecular weight excluding hydrogens is 479 g/mol. The van der Waals surface area contributed by atoms with E-state index in [1.54, 1.807) is 30.3 Å². The van der Waals surface area contributed by atoms with Crippen molar-refractivity contribution in [3.8, 4) is 11.8 Å². The standard InChI is InChI=1S/C29H22ClFN2O3/c30-22-10-6-11-23(31)21(22)16-35-25-12-5-4-9-19(25)27-20(15-32)29(33)36-26-14-18(13-24(34)28(26)27)17-7-2-1-3-8-17/h1-12,18,27H,13-14,16,33H2. The summed E-state index contributed by atoms with van der Waals surface area (Å²) in [5, 5.41) is 10.2. The van der Waals surface area contributed by atoms with Gasteiger partial charge in [-0.3, -0.25) is 4.79 Å². The van der Waals surface area contributed by atoms with Crippen LogP contribution in [0.4, 0.5) is 4.39 Å². The largest absolute Gasteiger partial charge is 0.488 e. The minimum Gasteiger partial charge on any atom is -0.488 e. The first-order valence-electron chi connectivity index (χ1n) is 11.5. The molecule has 3 aromatic carbocycles. The van der Waals surface area contributed by atoms with E-state index < -0.39 is 11.7 Å². The number of carbonyl (C=O) groups excluding carboxylic acids is 1. The zero-order chi connectivity index (χ0) is 25.2. The number of nitrogens with two attached hydrogens (primary N) is 1. The van der Waals surface area contributed by atoms with Crippen LogP contribution in [0.5, 0.6) is 5.75 Å². The van der Waals surface area contributed by atoms with Crippen molar-refractivity contribution < 1.29 is 18.7 Å². The van der Waals surface area contributed by atoms with Crippen molar-refractivity contribution in [2.24, 2.45) is 5.73 Å². The van der Waals surface area contributed by atoms with Crippen molar-refractivity contribution in [2.45, 2.75) is 31.3 Å². The quantitative estimate of drug-likeness (QED) is 0.446. The highest BCUT2D eigenvalue weighted by molar-refractivity contribution is 6.31. The summed E-state index contributed by atoms with van der Waals surface area (Å²) in [6.07, 6.45) is 0.768. The van der Waals surface area contributed by atoms with Gasteiger partial charge in [-0.05, 0) is 29.7 Å². The lowest BCUT2D eigenvalue weighted by Crippen LogP contribution is -2.30. The lowest BCUT2D eigenvalue weighted by Gasteiger charge is -2.34. The fourth-order valence-electron chi connectivity index (χ4n) is 4.85. The lowest BCUT2D eigenvalue weighted by atomic mass is 9.73. The Morgan fingerprint density at radius 2 is 1.81 bits per heavy atom. The fraction of sp³-hybridized carbons (Fsp3) is 0.172. The number of halogens is 2. The number of nitriles is 1. The topological polar surface area (TPSA) is 85.3 Å². The van der Waals surface area contributed by atoms with Crippen LogP contribution >= 0.6 is 11.6 Å². The summed E-state index contributed by atoms with van der Waals surface area (Å²) in [6, 6.07) is 23.4. The van der Waals surface area contributed by atoms with Crippen LogP contribution in [0, 0.1) is 17.1 Å². The van der Waals surface area contributed by atoms with Gasteiger partial charge in [-0.2, -0.15) is 5.26 Å². The van der Waals surface area contributed by atoms with Crippen LogP contribution in [0.2, 0.25) is 5.02 Å². The molecule has 0 saturated carbocycles. The van der Waals surface area contributed by atoms with Crippen molar-refractivity contribution in [1.29, 1.82) is 5.26 Å². The molecule has 1 heterocycles. The highest BCUT2D eigenvalue weighted by Gasteiger charge is 2.41. The summed E-state index contributed by atoms with van der Waals surface area (Å²) in [5.41, 5.74) is 8.57. The Balaban J connectivity index is 1.54. The van der Waals surface area contributed by atoms with Gasteiger partial charge in [0.2, 0.25) is 5.88 Å². The van der Waals surface area contributed by atoms with Crippen LogP contribution in [0.25, 0.3) is 0 Å². The molecule has 2 unspecified atom stereocenters. The second kappa shape index (κ2) is 9.88. The van der Waals surface area contributed by atoms with Crippen LogP contribution in [0.3, 0.4) is 0 Å². The van der Waals surface area contributed by atoms with Gasteiger partial charge in [0.05, 0.1) is 10.9 Å². The van der Waals surface area contributed by atoms with E-state index in [2.05, 4.69) is 6.07 Å². The van der Waals surface area contributed by atoms with E-state index in [4.69, 9.17) is 26.8 Å². The highest BCUT2D eigenvalue weighted by atomic mass is 35.5. The average Bonchev–Trinajstić information content (AvgIpc) is 2.88. The predicted molar refractivity (Wildman–Crippen MR) is 133 cm³/mol. The number of hydrogen-bond acceptors (Lipinski definition) is 5. The smallest absolute Gasteiger partial charge is 0.205 e. The number of ether oxygens (including phenoxy) is 2. The molecule has 2 N–H and O–H groups in total. The number of rotatable bonds is 5. The van der Waals surface area contributed by atoms with E-state index in [1.165, 1.54) is 12.1 Å². The highest BCUT2D eigenvalue weighted by Crippen LogP contribution is 2.48. The van der Waals surface area contributed by atoms with Crippen LogP contribution in [-0.2, 0) is 16.1 Å². The second-order valence-corrected chi connectivity index (χ2v) is 9.13. The summed E-state index contributed by atoms with van der Waals surface area (Å²) in [6.45, 7) is -0.122. The molecule has 1 aliphatic carbocycles. The molecule has 0 radical (unpaired) electrons. The molecule has 5 rings (SSSR count). The number of Topliss-reactive ketones (excluding diaryl/α,β-unsaturated/α-hetero) is 1. The van der Waals surface area contributed by atoms with Gasteiger partial charge in [-0.1, -0.05) is 66.2 Å². The first-order valence-corrected chi connectivity index (χ1v) is 11.9. The summed E-state index contributed by atoms with van der Waals surface area (Å²) < 4.78 is 26.2. The molecule has 1 aliphatic heterocycles. The number of para-hydroxylation sites is 1. The van der Waals surface area contributed by atoms with Crippen LogP contribution in [-0.4, -0.2) is 5.78 Å². The third-order valence-electron chi connectivity index (χ3n) is 6.60. The molecule has 0 bridgehead atoms. The summed E-state index contributed by atoms with van der Waals surface area (Å²) >= 11 is 6.17. The molecule has 2 atom stereocenters. The van der Waals surface area contributed by atoms with Gasteiger partial charge in [-0.15, -0.1) is 0 Å². The third kappa shape index (κ3) is 4.34. The molecular formula is C29H22ClFN2O3. The van der Waals surface area contributed by atoms with E-state index in [1.807, 2.05) is 30.3 Å². The normalized spacial score (nSPS) is 19.4. The molecule has 0 aromatic heterocycles.